The molecule has 0 amide bonds. The van der Waals surface area contributed by atoms with Gasteiger partial charge in [0.15, 0.2) is 11.0 Å². The minimum absolute atomic E-state index is 0.119. The number of anilines is 2. The summed E-state index contributed by atoms with van der Waals surface area (Å²) in [7, 11) is 0. The molecule has 1 fully saturated rings. The quantitative estimate of drug-likeness (QED) is 0.605. The number of nitrogens with zero attached hydrogens (tertiary/aromatic N) is 6. The Labute approximate surface area is 158 Å². The zero-order chi connectivity index (χ0) is 17.9. The van der Waals surface area contributed by atoms with Crippen molar-refractivity contribution in [1.29, 1.82) is 0 Å². The highest BCUT2D eigenvalue weighted by molar-refractivity contribution is 7.98. The van der Waals surface area contributed by atoms with Gasteiger partial charge < -0.3 is 16.2 Å². The van der Waals surface area contributed by atoms with Crippen LogP contribution < -0.4 is 11.5 Å². The van der Waals surface area contributed by atoms with Crippen molar-refractivity contribution >= 4 is 35.0 Å². The maximum Gasteiger partial charge on any atom is 0.225 e. The van der Waals surface area contributed by atoms with Gasteiger partial charge in [-0.2, -0.15) is 15.0 Å². The fourth-order valence-corrected chi connectivity index (χ4v) is 4.31. The summed E-state index contributed by atoms with van der Waals surface area (Å²) in [6.07, 6.45) is 2.33. The van der Waals surface area contributed by atoms with Crippen LogP contribution in [0.5, 0.6) is 0 Å². The van der Waals surface area contributed by atoms with Crippen molar-refractivity contribution in [2.45, 2.75) is 36.4 Å². The molecule has 0 radical (unpaired) electrons. The summed E-state index contributed by atoms with van der Waals surface area (Å²) in [5.74, 6) is 2.09. The third-order valence-electron chi connectivity index (χ3n) is 3.92. The molecule has 3 aromatic heterocycles. The van der Waals surface area contributed by atoms with Gasteiger partial charge in [0.05, 0.1) is 23.3 Å². The number of hydrogen-bond acceptors (Lipinski definition) is 10. The second-order valence-corrected chi connectivity index (χ2v) is 7.68. The fourth-order valence-electron chi connectivity index (χ4n) is 2.79. The third-order valence-corrected chi connectivity index (χ3v) is 5.74. The predicted octanol–water partition coefficient (Wildman–Crippen LogP) is 1.83. The average Bonchev–Trinajstić information content (AvgIpc) is 3.35. The lowest BCUT2D eigenvalue weighted by Crippen LogP contribution is -2.16. The maximum atomic E-state index is 5.80. The van der Waals surface area contributed by atoms with Gasteiger partial charge in [0, 0.05) is 6.61 Å². The first-order chi connectivity index (χ1) is 12.7. The summed E-state index contributed by atoms with van der Waals surface area (Å²) >= 11 is 3.13. The highest BCUT2D eigenvalue weighted by Crippen LogP contribution is 2.30. The van der Waals surface area contributed by atoms with Crippen LogP contribution >= 0.6 is 23.1 Å². The van der Waals surface area contributed by atoms with Crippen LogP contribution in [-0.2, 0) is 17.0 Å². The second-order valence-electron chi connectivity index (χ2n) is 5.79. The summed E-state index contributed by atoms with van der Waals surface area (Å²) in [6, 6.07) is 4.05. The molecule has 0 saturated carbocycles. The van der Waals surface area contributed by atoms with E-state index in [1.54, 1.807) is 11.3 Å². The number of rotatable bonds is 6. The number of thioether (sulfide) groups is 1. The molecule has 26 heavy (non-hydrogen) atoms. The number of ether oxygens (including phenoxy) is 1. The molecule has 1 saturated heterocycles. The van der Waals surface area contributed by atoms with Gasteiger partial charge in [0.2, 0.25) is 11.9 Å². The molecule has 4 N–H and O–H groups in total. The van der Waals surface area contributed by atoms with Crippen molar-refractivity contribution in [1.82, 2.24) is 29.7 Å². The lowest BCUT2D eigenvalue weighted by atomic mass is 10.2. The molecule has 11 heteroatoms. The smallest absolute Gasteiger partial charge is 0.225 e. The molecule has 136 valence electrons. The van der Waals surface area contributed by atoms with Crippen LogP contribution in [0.2, 0.25) is 0 Å². The third kappa shape index (κ3) is 3.79. The Balaban J connectivity index is 1.58. The van der Waals surface area contributed by atoms with Gasteiger partial charge in [0.25, 0.3) is 0 Å². The number of thiophene rings is 1. The fraction of sp³-hybridized carbons (Fsp3) is 0.400. The van der Waals surface area contributed by atoms with E-state index in [9.17, 15) is 0 Å². The highest BCUT2D eigenvalue weighted by Gasteiger charge is 2.22. The van der Waals surface area contributed by atoms with Crippen LogP contribution in [0.3, 0.4) is 0 Å². The lowest BCUT2D eigenvalue weighted by molar-refractivity contribution is 0.0953. The summed E-state index contributed by atoms with van der Waals surface area (Å²) in [6.45, 7) is 1.54. The Bertz CT molecular complexity index is 856. The molecule has 1 atom stereocenters. The summed E-state index contributed by atoms with van der Waals surface area (Å²) in [5.41, 5.74) is 11.3. The van der Waals surface area contributed by atoms with E-state index in [1.165, 1.54) is 11.8 Å². The molecular weight excluding hydrogens is 372 g/mol. The topological polar surface area (TPSA) is 131 Å². The van der Waals surface area contributed by atoms with Gasteiger partial charge >= 0.3 is 0 Å². The van der Waals surface area contributed by atoms with E-state index in [2.05, 4.69) is 29.7 Å². The first-order valence-corrected chi connectivity index (χ1v) is 10.0. The summed E-state index contributed by atoms with van der Waals surface area (Å²) in [4.78, 5) is 13.1. The zero-order valence-corrected chi connectivity index (χ0v) is 15.5. The second kappa shape index (κ2) is 7.56. The monoisotopic (exact) mass is 390 g/mol. The SMILES string of the molecule is Nc1nc(N)nc(CSc2nnc(-c3cccs3)n2C[C@@H]2CCCO2)n1. The van der Waals surface area contributed by atoms with Crippen LogP contribution in [0.4, 0.5) is 11.9 Å². The van der Waals surface area contributed by atoms with Gasteiger partial charge in [-0.25, -0.2) is 0 Å². The Morgan fingerprint density at radius 2 is 2.08 bits per heavy atom. The number of aromatic nitrogens is 6. The molecule has 0 bridgehead atoms. The Morgan fingerprint density at radius 1 is 1.23 bits per heavy atom. The molecule has 3 aromatic rings. The van der Waals surface area contributed by atoms with Gasteiger partial charge in [-0.15, -0.1) is 21.5 Å². The highest BCUT2D eigenvalue weighted by atomic mass is 32.2. The Hall–Kier alpha value is -2.24. The predicted molar refractivity (Wildman–Crippen MR) is 101 cm³/mol. The zero-order valence-electron chi connectivity index (χ0n) is 13.9. The summed E-state index contributed by atoms with van der Waals surface area (Å²) in [5, 5.41) is 11.6. The largest absolute Gasteiger partial charge is 0.376 e. The lowest BCUT2D eigenvalue weighted by Gasteiger charge is -2.14. The van der Waals surface area contributed by atoms with Crippen LogP contribution in [0.1, 0.15) is 18.7 Å². The summed E-state index contributed by atoms with van der Waals surface area (Å²) < 4.78 is 7.91. The van der Waals surface area contributed by atoms with E-state index in [0.717, 1.165) is 41.9 Å². The van der Waals surface area contributed by atoms with Crippen molar-refractivity contribution in [2.75, 3.05) is 18.1 Å². The number of hydrogen-bond donors (Lipinski definition) is 2. The molecular formula is C15H18N8OS2. The molecule has 0 unspecified atom stereocenters. The maximum absolute atomic E-state index is 5.80. The number of nitrogens with two attached hydrogens (primary N) is 2. The molecule has 1 aliphatic rings. The molecule has 1 aliphatic heterocycles. The number of nitrogen functional groups attached to an aromatic ring is 2. The van der Waals surface area contributed by atoms with E-state index in [0.29, 0.717) is 11.6 Å². The molecule has 4 heterocycles. The van der Waals surface area contributed by atoms with E-state index >= 15 is 0 Å². The minimum atomic E-state index is 0.119. The van der Waals surface area contributed by atoms with Gasteiger partial charge in [-0.05, 0) is 24.3 Å². The van der Waals surface area contributed by atoms with Crippen molar-refractivity contribution in [2.24, 2.45) is 0 Å². The Kier molecular flexibility index (Phi) is 5.00. The van der Waals surface area contributed by atoms with Crippen molar-refractivity contribution in [3.05, 3.63) is 23.3 Å². The standard InChI is InChI=1S/C15H18N8OS2/c16-13-18-11(19-14(17)20-13)8-26-15-22-21-12(10-4-2-6-25-10)23(15)7-9-3-1-5-24-9/h2,4,6,9H,1,3,5,7-8H2,(H4,16,17,18,19,20)/t9-/m0/s1. The van der Waals surface area contributed by atoms with Crippen molar-refractivity contribution in [3.63, 3.8) is 0 Å². The minimum Gasteiger partial charge on any atom is -0.376 e. The normalized spacial score (nSPS) is 17.0. The molecule has 9 nitrogen and oxygen atoms in total. The molecule has 0 spiro atoms. The van der Waals surface area contributed by atoms with Gasteiger partial charge in [-0.1, -0.05) is 17.8 Å². The molecule has 0 aliphatic carbocycles. The van der Waals surface area contributed by atoms with Gasteiger partial charge in [0.1, 0.15) is 5.82 Å². The van der Waals surface area contributed by atoms with E-state index in [4.69, 9.17) is 16.2 Å². The van der Waals surface area contributed by atoms with E-state index in [-0.39, 0.29) is 18.0 Å². The van der Waals surface area contributed by atoms with Crippen LogP contribution in [0.15, 0.2) is 22.7 Å². The first-order valence-electron chi connectivity index (χ1n) is 8.16. The molecule has 0 aromatic carbocycles. The first kappa shape index (κ1) is 17.2. The van der Waals surface area contributed by atoms with Crippen LogP contribution in [0, 0.1) is 0 Å². The van der Waals surface area contributed by atoms with Gasteiger partial charge in [-0.3, -0.25) is 4.57 Å². The van der Waals surface area contributed by atoms with Crippen LogP contribution in [-0.4, -0.2) is 42.4 Å². The van der Waals surface area contributed by atoms with Crippen LogP contribution in [0.25, 0.3) is 10.7 Å². The van der Waals surface area contributed by atoms with E-state index < -0.39 is 0 Å². The molecule has 4 rings (SSSR count). The van der Waals surface area contributed by atoms with Crippen molar-refractivity contribution in [3.8, 4) is 10.7 Å². The van der Waals surface area contributed by atoms with E-state index in [1.807, 2.05) is 17.5 Å². The van der Waals surface area contributed by atoms with Crippen molar-refractivity contribution < 1.29 is 4.74 Å². The Morgan fingerprint density at radius 3 is 2.77 bits per heavy atom. The average molecular weight is 390 g/mol.